The third-order valence-corrected chi connectivity index (χ3v) is 6.23. The third kappa shape index (κ3) is 3.83. The summed E-state index contributed by atoms with van der Waals surface area (Å²) in [6, 6.07) is 0.907. The molecule has 22 heavy (non-hydrogen) atoms. The Morgan fingerprint density at radius 2 is 1.82 bits per heavy atom. The van der Waals surface area contributed by atoms with Gasteiger partial charge < -0.3 is 10.2 Å². The molecule has 1 aliphatic heterocycles. The van der Waals surface area contributed by atoms with Gasteiger partial charge >= 0.3 is 0 Å². The van der Waals surface area contributed by atoms with Crippen LogP contribution in [-0.2, 0) is 4.79 Å². The maximum absolute atomic E-state index is 12.7. The van der Waals surface area contributed by atoms with Crippen LogP contribution in [0.25, 0.3) is 0 Å². The van der Waals surface area contributed by atoms with Gasteiger partial charge in [-0.15, -0.1) is 0 Å². The molecule has 0 aromatic rings. The second-order valence-electron chi connectivity index (χ2n) is 8.02. The zero-order valence-electron chi connectivity index (χ0n) is 15.3. The van der Waals surface area contributed by atoms with Gasteiger partial charge in [0.25, 0.3) is 0 Å². The Bertz CT molecular complexity index is 385. The van der Waals surface area contributed by atoms with Crippen molar-refractivity contribution in [2.24, 2.45) is 17.8 Å². The molecular formula is C18H35N3O. The summed E-state index contributed by atoms with van der Waals surface area (Å²) in [6.45, 7) is 11.0. The average molecular weight is 309 g/mol. The number of hydrogen-bond donors (Lipinski definition) is 1. The van der Waals surface area contributed by atoms with Crippen molar-refractivity contribution >= 4 is 5.91 Å². The molecule has 2 fully saturated rings. The van der Waals surface area contributed by atoms with Crippen molar-refractivity contribution in [2.75, 3.05) is 27.2 Å². The van der Waals surface area contributed by atoms with E-state index in [9.17, 15) is 4.79 Å². The maximum atomic E-state index is 12.7. The van der Waals surface area contributed by atoms with Crippen molar-refractivity contribution in [3.8, 4) is 0 Å². The Morgan fingerprint density at radius 3 is 2.41 bits per heavy atom. The topological polar surface area (TPSA) is 35.6 Å². The SMILES string of the molecule is CC1CCCC(NC(=O)C(C)N2CC(C)C(N(C)C)C2)C1C. The molecule has 0 aromatic carbocycles. The monoisotopic (exact) mass is 309 g/mol. The number of nitrogens with zero attached hydrogens (tertiary/aromatic N) is 2. The Morgan fingerprint density at radius 1 is 1.14 bits per heavy atom. The molecule has 6 atom stereocenters. The quantitative estimate of drug-likeness (QED) is 0.865. The molecule has 4 heteroatoms. The Kier molecular flexibility index (Phi) is 5.89. The minimum absolute atomic E-state index is 0.0168. The summed E-state index contributed by atoms with van der Waals surface area (Å²) >= 11 is 0. The van der Waals surface area contributed by atoms with Crippen molar-refractivity contribution < 1.29 is 4.79 Å². The van der Waals surface area contributed by atoms with Crippen LogP contribution in [0.4, 0.5) is 0 Å². The van der Waals surface area contributed by atoms with E-state index in [4.69, 9.17) is 0 Å². The predicted molar refractivity (Wildman–Crippen MR) is 91.8 cm³/mol. The first-order valence-electron chi connectivity index (χ1n) is 9.02. The lowest BCUT2D eigenvalue weighted by atomic mass is 9.78. The number of likely N-dealkylation sites (N-methyl/N-ethyl adjacent to an activating group) is 1. The molecule has 0 spiro atoms. The lowest BCUT2D eigenvalue weighted by Gasteiger charge is -2.36. The summed E-state index contributed by atoms with van der Waals surface area (Å²) in [6.07, 6.45) is 3.69. The summed E-state index contributed by atoms with van der Waals surface area (Å²) in [5.74, 6) is 2.16. The number of likely N-dealkylation sites (tertiary alicyclic amines) is 1. The van der Waals surface area contributed by atoms with E-state index >= 15 is 0 Å². The number of rotatable bonds is 4. The Hall–Kier alpha value is -0.610. The number of hydrogen-bond acceptors (Lipinski definition) is 3. The molecule has 2 rings (SSSR count). The molecule has 2 aliphatic rings. The van der Waals surface area contributed by atoms with Crippen LogP contribution in [-0.4, -0.2) is 61.0 Å². The van der Waals surface area contributed by atoms with Gasteiger partial charge in [0.15, 0.2) is 0 Å². The van der Waals surface area contributed by atoms with Gasteiger partial charge in [0.05, 0.1) is 6.04 Å². The first-order valence-corrected chi connectivity index (χ1v) is 9.02. The Labute approximate surface area is 136 Å². The number of carbonyl (C=O) groups is 1. The van der Waals surface area contributed by atoms with E-state index in [0.29, 0.717) is 23.9 Å². The molecule has 1 N–H and O–H groups in total. The van der Waals surface area contributed by atoms with Crippen LogP contribution in [0.2, 0.25) is 0 Å². The lowest BCUT2D eigenvalue weighted by Crippen LogP contribution is -2.51. The van der Waals surface area contributed by atoms with Crippen LogP contribution >= 0.6 is 0 Å². The molecule has 1 heterocycles. The summed E-state index contributed by atoms with van der Waals surface area (Å²) < 4.78 is 0. The fraction of sp³-hybridized carbons (Fsp3) is 0.944. The predicted octanol–water partition coefficient (Wildman–Crippen LogP) is 2.20. The van der Waals surface area contributed by atoms with E-state index in [0.717, 1.165) is 25.4 Å². The molecule has 1 aliphatic carbocycles. The molecule has 4 nitrogen and oxygen atoms in total. The highest BCUT2D eigenvalue weighted by Crippen LogP contribution is 2.30. The van der Waals surface area contributed by atoms with Gasteiger partial charge in [0.1, 0.15) is 0 Å². The van der Waals surface area contributed by atoms with Gasteiger partial charge in [0.2, 0.25) is 5.91 Å². The summed E-state index contributed by atoms with van der Waals surface area (Å²) in [7, 11) is 4.28. The van der Waals surface area contributed by atoms with Crippen molar-refractivity contribution in [3.05, 3.63) is 0 Å². The van der Waals surface area contributed by atoms with E-state index < -0.39 is 0 Å². The van der Waals surface area contributed by atoms with Crippen molar-refractivity contribution in [1.29, 1.82) is 0 Å². The van der Waals surface area contributed by atoms with E-state index in [2.05, 4.69) is 56.9 Å². The fourth-order valence-corrected chi connectivity index (χ4v) is 4.23. The highest BCUT2D eigenvalue weighted by molar-refractivity contribution is 5.81. The molecule has 1 saturated heterocycles. The fourth-order valence-electron chi connectivity index (χ4n) is 4.23. The van der Waals surface area contributed by atoms with Gasteiger partial charge in [0, 0.05) is 25.2 Å². The molecule has 0 aromatic heterocycles. The van der Waals surface area contributed by atoms with Gasteiger partial charge in [-0.05, 0) is 45.2 Å². The van der Waals surface area contributed by atoms with Crippen LogP contribution in [0.1, 0.15) is 47.0 Å². The summed E-state index contributed by atoms with van der Waals surface area (Å²) in [5, 5.41) is 3.34. The van der Waals surface area contributed by atoms with Gasteiger partial charge in [-0.25, -0.2) is 0 Å². The van der Waals surface area contributed by atoms with Crippen molar-refractivity contribution in [3.63, 3.8) is 0 Å². The number of carbonyl (C=O) groups excluding carboxylic acids is 1. The number of amides is 1. The minimum atomic E-state index is -0.0168. The maximum Gasteiger partial charge on any atom is 0.237 e. The zero-order chi connectivity index (χ0) is 16.4. The normalized spacial score (nSPS) is 38.2. The van der Waals surface area contributed by atoms with Gasteiger partial charge in [-0.1, -0.05) is 33.6 Å². The lowest BCUT2D eigenvalue weighted by molar-refractivity contribution is -0.127. The van der Waals surface area contributed by atoms with E-state index in [1.165, 1.54) is 12.8 Å². The first-order chi connectivity index (χ1) is 10.3. The largest absolute Gasteiger partial charge is 0.352 e. The van der Waals surface area contributed by atoms with Crippen LogP contribution in [0.3, 0.4) is 0 Å². The molecule has 1 saturated carbocycles. The molecule has 128 valence electrons. The summed E-state index contributed by atoms with van der Waals surface area (Å²) in [4.78, 5) is 17.3. The van der Waals surface area contributed by atoms with E-state index in [1.807, 2.05) is 0 Å². The molecule has 6 unspecified atom stereocenters. The highest BCUT2D eigenvalue weighted by atomic mass is 16.2. The average Bonchev–Trinajstić information content (AvgIpc) is 2.85. The smallest absolute Gasteiger partial charge is 0.237 e. The molecule has 1 amide bonds. The standard InChI is InChI=1S/C18H35N3O/c1-12-8-7-9-16(14(12)3)19-18(22)15(4)21-10-13(2)17(11-21)20(5)6/h12-17H,7-11H2,1-6H3,(H,19,22). The van der Waals surface area contributed by atoms with E-state index in [1.54, 1.807) is 0 Å². The summed E-state index contributed by atoms with van der Waals surface area (Å²) in [5.41, 5.74) is 0. The first kappa shape index (κ1) is 17.7. The van der Waals surface area contributed by atoms with Gasteiger partial charge in [-0.3, -0.25) is 9.69 Å². The second-order valence-corrected chi connectivity index (χ2v) is 8.02. The van der Waals surface area contributed by atoms with Gasteiger partial charge in [-0.2, -0.15) is 0 Å². The van der Waals surface area contributed by atoms with E-state index in [-0.39, 0.29) is 11.9 Å². The second kappa shape index (κ2) is 7.31. The highest BCUT2D eigenvalue weighted by Gasteiger charge is 2.36. The minimum Gasteiger partial charge on any atom is -0.352 e. The molecule has 0 radical (unpaired) electrons. The third-order valence-electron chi connectivity index (χ3n) is 6.23. The van der Waals surface area contributed by atoms with Crippen LogP contribution in [0.15, 0.2) is 0 Å². The van der Waals surface area contributed by atoms with Crippen molar-refractivity contribution in [2.45, 2.75) is 65.1 Å². The zero-order valence-corrected chi connectivity index (χ0v) is 15.3. The number of nitrogens with one attached hydrogen (secondary N) is 1. The molecule has 0 bridgehead atoms. The molecular weight excluding hydrogens is 274 g/mol. The van der Waals surface area contributed by atoms with Crippen LogP contribution < -0.4 is 5.32 Å². The van der Waals surface area contributed by atoms with Crippen molar-refractivity contribution in [1.82, 2.24) is 15.1 Å². The van der Waals surface area contributed by atoms with Crippen LogP contribution in [0.5, 0.6) is 0 Å². The Balaban J connectivity index is 1.90. The van der Waals surface area contributed by atoms with Crippen LogP contribution in [0, 0.1) is 17.8 Å².